The number of rotatable bonds is 4. The van der Waals surface area contributed by atoms with Crippen molar-refractivity contribution in [1.29, 1.82) is 0 Å². The molecule has 1 N–H and O–H groups in total. The Hall–Kier alpha value is -4.00. The first-order valence-electron chi connectivity index (χ1n) is 10.1. The molecular weight excluding hydrogens is 390 g/mol. The highest BCUT2D eigenvalue weighted by Gasteiger charge is 2.35. The number of aromatic nitrogens is 3. The Morgan fingerprint density at radius 3 is 2.77 bits per heavy atom. The molecule has 0 spiro atoms. The van der Waals surface area contributed by atoms with Gasteiger partial charge in [-0.1, -0.05) is 29.8 Å². The summed E-state index contributed by atoms with van der Waals surface area (Å²) < 4.78 is 1.85. The molecule has 0 aliphatic carbocycles. The SMILES string of the molecule is Cc1ccc(N2C[C@@H](C(=O)Nc3cccc(-c4cn5cccnc5n4)c3)CC2=O)cc1. The molecule has 3 heterocycles. The second-order valence-corrected chi connectivity index (χ2v) is 7.76. The summed E-state index contributed by atoms with van der Waals surface area (Å²) in [4.78, 5) is 35.8. The number of imidazole rings is 1. The quantitative estimate of drug-likeness (QED) is 0.555. The van der Waals surface area contributed by atoms with Crippen LogP contribution in [0.1, 0.15) is 12.0 Å². The monoisotopic (exact) mass is 411 g/mol. The van der Waals surface area contributed by atoms with Gasteiger partial charge in [0.25, 0.3) is 0 Å². The Balaban J connectivity index is 1.31. The van der Waals surface area contributed by atoms with Crippen LogP contribution in [0.25, 0.3) is 17.0 Å². The number of aryl methyl sites for hydroxylation is 1. The average molecular weight is 411 g/mol. The van der Waals surface area contributed by atoms with Gasteiger partial charge in [-0.05, 0) is 37.3 Å². The van der Waals surface area contributed by atoms with Crippen molar-refractivity contribution in [2.45, 2.75) is 13.3 Å². The standard InChI is InChI=1S/C24H21N5O2/c1-16-6-8-20(9-7-16)29-14-18(13-22(29)30)23(31)26-19-5-2-4-17(12-19)21-15-28-11-3-10-25-24(28)27-21/h2-12,15,18H,13-14H2,1H3,(H,26,31)/t18-/m0/s1. The van der Waals surface area contributed by atoms with E-state index in [0.717, 1.165) is 22.5 Å². The van der Waals surface area contributed by atoms with E-state index in [9.17, 15) is 9.59 Å². The molecule has 1 fully saturated rings. The molecule has 4 aromatic rings. The third kappa shape index (κ3) is 3.77. The third-order valence-electron chi connectivity index (χ3n) is 5.50. The average Bonchev–Trinajstić information content (AvgIpc) is 3.38. The molecule has 2 amide bonds. The Morgan fingerprint density at radius 1 is 1.13 bits per heavy atom. The fraction of sp³-hybridized carbons (Fsp3) is 0.167. The lowest BCUT2D eigenvalue weighted by molar-refractivity contribution is -0.122. The molecule has 0 bridgehead atoms. The van der Waals surface area contributed by atoms with Gasteiger partial charge in [0.05, 0.1) is 11.6 Å². The fourth-order valence-electron chi connectivity index (χ4n) is 3.83. The lowest BCUT2D eigenvalue weighted by Crippen LogP contribution is -2.28. The van der Waals surface area contributed by atoms with Crippen LogP contribution in [0.2, 0.25) is 0 Å². The van der Waals surface area contributed by atoms with Gasteiger partial charge in [-0.3, -0.25) is 14.0 Å². The third-order valence-corrected chi connectivity index (χ3v) is 5.50. The smallest absolute Gasteiger partial charge is 0.234 e. The molecule has 7 heteroatoms. The van der Waals surface area contributed by atoms with Crippen LogP contribution >= 0.6 is 0 Å². The molecule has 0 unspecified atom stereocenters. The predicted octanol–water partition coefficient (Wildman–Crippen LogP) is 3.70. The number of hydrogen-bond donors (Lipinski definition) is 1. The molecule has 154 valence electrons. The van der Waals surface area contributed by atoms with Gasteiger partial charge in [-0.2, -0.15) is 0 Å². The second kappa shape index (κ2) is 7.68. The number of hydrogen-bond acceptors (Lipinski definition) is 4. The van der Waals surface area contributed by atoms with Gasteiger partial charge >= 0.3 is 0 Å². The van der Waals surface area contributed by atoms with Crippen molar-refractivity contribution in [3.8, 4) is 11.3 Å². The molecule has 1 aliphatic heterocycles. The number of nitrogens with zero attached hydrogens (tertiary/aromatic N) is 4. The first-order chi connectivity index (χ1) is 15.1. The minimum Gasteiger partial charge on any atom is -0.326 e. The lowest BCUT2D eigenvalue weighted by Gasteiger charge is -2.17. The van der Waals surface area contributed by atoms with Crippen LogP contribution in [-0.2, 0) is 9.59 Å². The zero-order chi connectivity index (χ0) is 21.4. The Labute approximate surface area is 179 Å². The van der Waals surface area contributed by atoms with Crippen molar-refractivity contribution in [2.24, 2.45) is 5.92 Å². The number of anilines is 2. The molecule has 5 rings (SSSR count). The number of benzene rings is 2. The van der Waals surface area contributed by atoms with E-state index in [4.69, 9.17) is 0 Å². The summed E-state index contributed by atoms with van der Waals surface area (Å²) in [6.07, 6.45) is 5.70. The summed E-state index contributed by atoms with van der Waals surface area (Å²) in [5.74, 6) is 0.0381. The van der Waals surface area contributed by atoms with E-state index in [2.05, 4.69) is 15.3 Å². The van der Waals surface area contributed by atoms with Crippen molar-refractivity contribution in [3.63, 3.8) is 0 Å². The van der Waals surface area contributed by atoms with Gasteiger partial charge in [0.2, 0.25) is 17.6 Å². The van der Waals surface area contributed by atoms with Crippen LogP contribution in [0.15, 0.2) is 73.2 Å². The lowest BCUT2D eigenvalue weighted by atomic mass is 10.1. The molecule has 2 aromatic carbocycles. The summed E-state index contributed by atoms with van der Waals surface area (Å²) >= 11 is 0. The van der Waals surface area contributed by atoms with Gasteiger partial charge in [0.1, 0.15) is 0 Å². The van der Waals surface area contributed by atoms with Crippen LogP contribution in [0.5, 0.6) is 0 Å². The maximum Gasteiger partial charge on any atom is 0.234 e. The number of nitrogens with one attached hydrogen (secondary N) is 1. The molecule has 1 saturated heterocycles. The zero-order valence-corrected chi connectivity index (χ0v) is 17.0. The topological polar surface area (TPSA) is 79.6 Å². The van der Waals surface area contributed by atoms with Crippen LogP contribution < -0.4 is 10.2 Å². The maximum absolute atomic E-state index is 12.9. The molecule has 2 aromatic heterocycles. The molecule has 1 atom stereocenters. The van der Waals surface area contributed by atoms with Gasteiger partial charge in [0, 0.05) is 48.5 Å². The number of amides is 2. The van der Waals surface area contributed by atoms with Gasteiger partial charge < -0.3 is 10.2 Å². The number of fused-ring (bicyclic) bond motifs is 1. The van der Waals surface area contributed by atoms with Crippen LogP contribution in [0.3, 0.4) is 0 Å². The van der Waals surface area contributed by atoms with Crippen molar-refractivity contribution in [3.05, 3.63) is 78.8 Å². The molecule has 7 nitrogen and oxygen atoms in total. The Bertz CT molecular complexity index is 1250. The van der Waals surface area contributed by atoms with Crippen molar-refractivity contribution in [1.82, 2.24) is 14.4 Å². The van der Waals surface area contributed by atoms with E-state index >= 15 is 0 Å². The van der Waals surface area contributed by atoms with Crippen LogP contribution in [0, 0.1) is 12.8 Å². The molecule has 31 heavy (non-hydrogen) atoms. The second-order valence-electron chi connectivity index (χ2n) is 7.76. The molecule has 0 radical (unpaired) electrons. The number of carbonyl (C=O) groups excluding carboxylic acids is 2. The van der Waals surface area contributed by atoms with Gasteiger partial charge in [-0.15, -0.1) is 0 Å². The van der Waals surface area contributed by atoms with E-state index < -0.39 is 5.92 Å². The number of carbonyl (C=O) groups is 2. The first-order valence-corrected chi connectivity index (χ1v) is 10.1. The molecular formula is C24H21N5O2. The van der Waals surface area contributed by atoms with Crippen LogP contribution in [-0.4, -0.2) is 32.7 Å². The van der Waals surface area contributed by atoms with Crippen molar-refractivity contribution in [2.75, 3.05) is 16.8 Å². The summed E-state index contributed by atoms with van der Waals surface area (Å²) in [5, 5.41) is 2.96. The normalized spacial score (nSPS) is 16.1. The summed E-state index contributed by atoms with van der Waals surface area (Å²) in [6, 6.07) is 17.2. The highest BCUT2D eigenvalue weighted by atomic mass is 16.2. The molecule has 1 aliphatic rings. The van der Waals surface area contributed by atoms with Crippen LogP contribution in [0.4, 0.5) is 11.4 Å². The van der Waals surface area contributed by atoms with E-state index in [1.807, 2.05) is 78.3 Å². The highest BCUT2D eigenvalue weighted by molar-refractivity contribution is 6.03. The zero-order valence-electron chi connectivity index (χ0n) is 17.0. The van der Waals surface area contributed by atoms with E-state index in [-0.39, 0.29) is 18.2 Å². The van der Waals surface area contributed by atoms with Gasteiger partial charge in [-0.25, -0.2) is 9.97 Å². The summed E-state index contributed by atoms with van der Waals surface area (Å²) in [7, 11) is 0. The van der Waals surface area contributed by atoms with E-state index in [1.54, 1.807) is 11.1 Å². The molecule has 0 saturated carbocycles. The van der Waals surface area contributed by atoms with Crippen molar-refractivity contribution >= 4 is 29.0 Å². The largest absolute Gasteiger partial charge is 0.326 e. The Morgan fingerprint density at radius 2 is 1.97 bits per heavy atom. The van der Waals surface area contributed by atoms with Gasteiger partial charge in [0.15, 0.2) is 0 Å². The van der Waals surface area contributed by atoms with E-state index in [0.29, 0.717) is 18.0 Å². The predicted molar refractivity (Wildman–Crippen MR) is 119 cm³/mol. The minimum absolute atomic E-state index is 0.0324. The fourth-order valence-corrected chi connectivity index (χ4v) is 3.83. The summed E-state index contributed by atoms with van der Waals surface area (Å²) in [5.41, 5.74) is 4.29. The summed E-state index contributed by atoms with van der Waals surface area (Å²) in [6.45, 7) is 2.38. The maximum atomic E-state index is 12.9. The minimum atomic E-state index is -0.392. The highest BCUT2D eigenvalue weighted by Crippen LogP contribution is 2.27. The van der Waals surface area contributed by atoms with E-state index in [1.165, 1.54) is 0 Å². The first kappa shape index (κ1) is 19.0. The Kier molecular flexibility index (Phi) is 4.71. The van der Waals surface area contributed by atoms with Crippen molar-refractivity contribution < 1.29 is 9.59 Å².